The van der Waals surface area contributed by atoms with Crippen LogP contribution in [0, 0.1) is 6.92 Å². The minimum Gasteiger partial charge on any atom is -0.456 e. The molecular formula is C14H12BrNOS. The van der Waals surface area contributed by atoms with Crippen LogP contribution in [0.2, 0.25) is 0 Å². The average Bonchev–Trinajstić information content (AvgIpc) is 2.34. The van der Waals surface area contributed by atoms with Gasteiger partial charge in [-0.05, 0) is 52.7 Å². The second-order valence-electron chi connectivity index (χ2n) is 3.88. The molecule has 92 valence electrons. The second kappa shape index (κ2) is 5.50. The lowest BCUT2D eigenvalue weighted by Gasteiger charge is -2.10. The zero-order valence-electron chi connectivity index (χ0n) is 9.81. The first kappa shape index (κ1) is 13.1. The maximum Gasteiger partial charge on any atom is 0.141 e. The quantitative estimate of drug-likeness (QED) is 0.861. The van der Waals surface area contributed by atoms with E-state index in [0.717, 1.165) is 27.1 Å². The maximum atomic E-state index is 5.84. The zero-order chi connectivity index (χ0) is 13.1. The third-order valence-electron chi connectivity index (χ3n) is 2.53. The maximum absolute atomic E-state index is 5.84. The Hall–Kier alpha value is -1.39. The molecule has 0 fully saturated rings. The Kier molecular flexibility index (Phi) is 3.99. The molecule has 0 spiro atoms. The van der Waals surface area contributed by atoms with E-state index in [1.54, 1.807) is 0 Å². The van der Waals surface area contributed by atoms with E-state index in [-0.39, 0.29) is 0 Å². The fourth-order valence-corrected chi connectivity index (χ4v) is 2.11. The van der Waals surface area contributed by atoms with Gasteiger partial charge in [0.05, 0.1) is 4.47 Å². The highest BCUT2D eigenvalue weighted by Crippen LogP contribution is 2.31. The number of nitrogens with two attached hydrogens (primary N) is 1. The first-order valence-electron chi connectivity index (χ1n) is 5.41. The molecule has 0 aliphatic heterocycles. The molecule has 18 heavy (non-hydrogen) atoms. The standard InChI is InChI=1S/C14H12BrNOS/c1-9-4-2-3-5-12(9)17-13-7-6-10(14(16)18)8-11(13)15/h2-8H,1H3,(H2,16,18). The Morgan fingerprint density at radius 1 is 1.17 bits per heavy atom. The van der Waals surface area contributed by atoms with E-state index < -0.39 is 0 Å². The molecule has 0 unspecified atom stereocenters. The van der Waals surface area contributed by atoms with Crippen LogP contribution in [0.5, 0.6) is 11.5 Å². The topological polar surface area (TPSA) is 35.2 Å². The number of para-hydroxylation sites is 1. The van der Waals surface area contributed by atoms with Gasteiger partial charge in [-0.3, -0.25) is 0 Å². The lowest BCUT2D eigenvalue weighted by molar-refractivity contribution is 0.476. The Morgan fingerprint density at radius 2 is 1.89 bits per heavy atom. The predicted octanol–water partition coefficient (Wildman–Crippen LogP) is 4.18. The summed E-state index contributed by atoms with van der Waals surface area (Å²) in [6.45, 7) is 2.01. The van der Waals surface area contributed by atoms with Crippen molar-refractivity contribution in [3.8, 4) is 11.5 Å². The van der Waals surface area contributed by atoms with Crippen molar-refractivity contribution in [3.63, 3.8) is 0 Å². The van der Waals surface area contributed by atoms with Crippen LogP contribution in [-0.4, -0.2) is 4.99 Å². The highest BCUT2D eigenvalue weighted by molar-refractivity contribution is 9.10. The van der Waals surface area contributed by atoms with Gasteiger partial charge in [-0.15, -0.1) is 0 Å². The summed E-state index contributed by atoms with van der Waals surface area (Å²) < 4.78 is 6.67. The first-order valence-corrected chi connectivity index (χ1v) is 6.61. The van der Waals surface area contributed by atoms with Crippen molar-refractivity contribution in [1.29, 1.82) is 0 Å². The van der Waals surface area contributed by atoms with Gasteiger partial charge in [-0.1, -0.05) is 30.4 Å². The largest absolute Gasteiger partial charge is 0.456 e. The van der Waals surface area contributed by atoms with Gasteiger partial charge in [0.1, 0.15) is 16.5 Å². The Bertz CT molecular complexity index is 598. The van der Waals surface area contributed by atoms with Gasteiger partial charge in [0.15, 0.2) is 0 Å². The molecule has 4 heteroatoms. The highest BCUT2D eigenvalue weighted by Gasteiger charge is 2.06. The molecule has 0 radical (unpaired) electrons. The van der Waals surface area contributed by atoms with Crippen LogP contribution < -0.4 is 10.5 Å². The van der Waals surface area contributed by atoms with Gasteiger partial charge in [0, 0.05) is 5.56 Å². The number of ether oxygens (including phenoxy) is 1. The number of aryl methyl sites for hydroxylation is 1. The zero-order valence-corrected chi connectivity index (χ0v) is 12.2. The van der Waals surface area contributed by atoms with E-state index in [1.165, 1.54) is 0 Å². The molecule has 2 aromatic carbocycles. The molecule has 0 bridgehead atoms. The molecule has 0 heterocycles. The van der Waals surface area contributed by atoms with E-state index in [9.17, 15) is 0 Å². The molecular weight excluding hydrogens is 310 g/mol. The van der Waals surface area contributed by atoms with Gasteiger partial charge in [0.25, 0.3) is 0 Å². The highest BCUT2D eigenvalue weighted by atomic mass is 79.9. The van der Waals surface area contributed by atoms with E-state index in [2.05, 4.69) is 15.9 Å². The summed E-state index contributed by atoms with van der Waals surface area (Å²) >= 11 is 8.39. The summed E-state index contributed by atoms with van der Waals surface area (Å²) in [6, 6.07) is 13.4. The molecule has 0 saturated carbocycles. The minimum absolute atomic E-state index is 0.373. The van der Waals surface area contributed by atoms with E-state index in [0.29, 0.717) is 4.99 Å². The number of thiocarbonyl (C=S) groups is 1. The van der Waals surface area contributed by atoms with Crippen molar-refractivity contribution in [2.45, 2.75) is 6.92 Å². The normalized spacial score (nSPS) is 10.1. The second-order valence-corrected chi connectivity index (χ2v) is 5.17. The molecule has 0 amide bonds. The molecule has 0 aromatic heterocycles. The van der Waals surface area contributed by atoms with E-state index >= 15 is 0 Å². The van der Waals surface area contributed by atoms with Gasteiger partial charge >= 0.3 is 0 Å². The molecule has 2 N–H and O–H groups in total. The summed E-state index contributed by atoms with van der Waals surface area (Å²) in [7, 11) is 0. The summed E-state index contributed by atoms with van der Waals surface area (Å²) in [5.41, 5.74) is 7.48. The molecule has 0 atom stereocenters. The number of halogens is 1. The fraction of sp³-hybridized carbons (Fsp3) is 0.0714. The molecule has 0 aliphatic rings. The molecule has 2 aromatic rings. The Balaban J connectivity index is 2.30. The summed E-state index contributed by atoms with van der Waals surface area (Å²) in [5, 5.41) is 0. The third kappa shape index (κ3) is 2.89. The van der Waals surface area contributed by atoms with Gasteiger partial charge in [-0.2, -0.15) is 0 Å². The lowest BCUT2D eigenvalue weighted by atomic mass is 10.2. The van der Waals surface area contributed by atoms with Crippen LogP contribution in [0.1, 0.15) is 11.1 Å². The summed E-state index contributed by atoms with van der Waals surface area (Å²) in [4.78, 5) is 0.373. The predicted molar refractivity (Wildman–Crippen MR) is 81.3 cm³/mol. The van der Waals surface area contributed by atoms with E-state index in [1.807, 2.05) is 49.4 Å². The van der Waals surface area contributed by atoms with Crippen LogP contribution in [-0.2, 0) is 0 Å². The van der Waals surface area contributed by atoms with Gasteiger partial charge in [-0.25, -0.2) is 0 Å². The van der Waals surface area contributed by atoms with Crippen molar-refractivity contribution in [1.82, 2.24) is 0 Å². The Morgan fingerprint density at radius 3 is 2.50 bits per heavy atom. The van der Waals surface area contributed by atoms with Crippen molar-refractivity contribution in [2.75, 3.05) is 0 Å². The number of benzene rings is 2. The summed E-state index contributed by atoms with van der Waals surface area (Å²) in [6.07, 6.45) is 0. The van der Waals surface area contributed by atoms with Crippen LogP contribution in [0.15, 0.2) is 46.9 Å². The van der Waals surface area contributed by atoms with Crippen molar-refractivity contribution < 1.29 is 4.74 Å². The molecule has 0 aliphatic carbocycles. The number of hydrogen-bond acceptors (Lipinski definition) is 2. The molecule has 0 saturated heterocycles. The fourth-order valence-electron chi connectivity index (χ4n) is 1.53. The van der Waals surface area contributed by atoms with Crippen LogP contribution in [0.4, 0.5) is 0 Å². The molecule has 2 rings (SSSR count). The number of rotatable bonds is 3. The van der Waals surface area contributed by atoms with Crippen molar-refractivity contribution >= 4 is 33.1 Å². The number of hydrogen-bond donors (Lipinski definition) is 1. The van der Waals surface area contributed by atoms with Crippen LogP contribution >= 0.6 is 28.1 Å². The van der Waals surface area contributed by atoms with Crippen LogP contribution in [0.25, 0.3) is 0 Å². The van der Waals surface area contributed by atoms with Crippen molar-refractivity contribution in [2.24, 2.45) is 5.73 Å². The first-order chi connectivity index (χ1) is 8.58. The van der Waals surface area contributed by atoms with Gasteiger partial charge in [0.2, 0.25) is 0 Å². The molecule has 2 nitrogen and oxygen atoms in total. The minimum atomic E-state index is 0.373. The summed E-state index contributed by atoms with van der Waals surface area (Å²) in [5.74, 6) is 1.57. The van der Waals surface area contributed by atoms with Crippen molar-refractivity contribution in [3.05, 3.63) is 58.1 Å². The Labute approximate surface area is 120 Å². The smallest absolute Gasteiger partial charge is 0.141 e. The average molecular weight is 322 g/mol. The lowest BCUT2D eigenvalue weighted by Crippen LogP contribution is -2.09. The van der Waals surface area contributed by atoms with E-state index in [4.69, 9.17) is 22.7 Å². The van der Waals surface area contributed by atoms with Gasteiger partial charge < -0.3 is 10.5 Å². The third-order valence-corrected chi connectivity index (χ3v) is 3.39. The van der Waals surface area contributed by atoms with Crippen LogP contribution in [0.3, 0.4) is 0 Å². The monoisotopic (exact) mass is 321 g/mol. The SMILES string of the molecule is Cc1ccccc1Oc1ccc(C(N)=S)cc1Br.